The number of rotatable bonds is 8. The molecule has 0 aliphatic carbocycles. The maximum atomic E-state index is 8.76. The van der Waals surface area contributed by atoms with Gasteiger partial charge in [-0.15, -0.1) is 0 Å². The molecule has 4 nitrogen and oxygen atoms in total. The lowest BCUT2D eigenvalue weighted by Gasteiger charge is -2.21. The predicted octanol–water partition coefficient (Wildman–Crippen LogP) is 1.70. The number of nitrogens with two attached hydrogens (primary N) is 1. The van der Waals surface area contributed by atoms with Crippen LogP contribution in [0.3, 0.4) is 0 Å². The normalized spacial score (nSPS) is 16.8. The second-order valence-electron chi connectivity index (χ2n) is 4.88. The molecule has 0 saturated heterocycles. The highest BCUT2D eigenvalue weighted by atomic mass is 16.5. The SMILES string of the molecule is CC(C)COCCOC(C)CC(C)(N)C#N. The van der Waals surface area contributed by atoms with Crippen molar-refractivity contribution in [3.8, 4) is 6.07 Å². The zero-order valence-corrected chi connectivity index (χ0v) is 10.8. The molecular formula is C12H24N2O2. The van der Waals surface area contributed by atoms with Crippen molar-refractivity contribution in [2.45, 2.75) is 45.8 Å². The lowest BCUT2D eigenvalue weighted by molar-refractivity contribution is -0.000784. The van der Waals surface area contributed by atoms with E-state index in [0.29, 0.717) is 25.6 Å². The van der Waals surface area contributed by atoms with Gasteiger partial charge >= 0.3 is 0 Å². The Balaban J connectivity index is 3.52. The molecule has 2 N–H and O–H groups in total. The lowest BCUT2D eigenvalue weighted by Crippen LogP contribution is -2.38. The summed E-state index contributed by atoms with van der Waals surface area (Å²) in [6, 6.07) is 2.06. The van der Waals surface area contributed by atoms with Crippen molar-refractivity contribution in [1.82, 2.24) is 0 Å². The van der Waals surface area contributed by atoms with Crippen molar-refractivity contribution in [2.24, 2.45) is 11.7 Å². The zero-order chi connectivity index (χ0) is 12.6. The van der Waals surface area contributed by atoms with E-state index in [1.165, 1.54) is 0 Å². The maximum absolute atomic E-state index is 8.76. The summed E-state index contributed by atoms with van der Waals surface area (Å²) >= 11 is 0. The third-order valence-electron chi connectivity index (χ3n) is 2.05. The van der Waals surface area contributed by atoms with Crippen LogP contribution in [0.25, 0.3) is 0 Å². The van der Waals surface area contributed by atoms with Gasteiger partial charge < -0.3 is 15.2 Å². The first-order chi connectivity index (χ1) is 7.37. The highest BCUT2D eigenvalue weighted by molar-refractivity contribution is 5.01. The summed E-state index contributed by atoms with van der Waals surface area (Å²) in [5, 5.41) is 8.76. The van der Waals surface area contributed by atoms with E-state index in [2.05, 4.69) is 19.9 Å². The van der Waals surface area contributed by atoms with Gasteiger partial charge in [0, 0.05) is 13.0 Å². The topological polar surface area (TPSA) is 68.3 Å². The number of nitriles is 1. The molecule has 2 atom stereocenters. The van der Waals surface area contributed by atoms with Crippen molar-refractivity contribution < 1.29 is 9.47 Å². The highest BCUT2D eigenvalue weighted by Gasteiger charge is 2.21. The van der Waals surface area contributed by atoms with Gasteiger partial charge in [-0.3, -0.25) is 0 Å². The molecule has 0 heterocycles. The van der Waals surface area contributed by atoms with Gasteiger partial charge in [0.05, 0.1) is 25.4 Å². The summed E-state index contributed by atoms with van der Waals surface area (Å²) in [5.41, 5.74) is 4.91. The van der Waals surface area contributed by atoms with Gasteiger partial charge in [-0.2, -0.15) is 5.26 Å². The second-order valence-corrected chi connectivity index (χ2v) is 4.88. The average Bonchev–Trinajstić information content (AvgIpc) is 2.16. The van der Waals surface area contributed by atoms with E-state index in [4.69, 9.17) is 20.5 Å². The quantitative estimate of drug-likeness (QED) is 0.642. The summed E-state index contributed by atoms with van der Waals surface area (Å²) < 4.78 is 10.9. The minimum absolute atomic E-state index is 0.0164. The van der Waals surface area contributed by atoms with Gasteiger partial charge in [0.15, 0.2) is 0 Å². The minimum atomic E-state index is -0.807. The number of hydrogen-bond donors (Lipinski definition) is 1. The predicted molar refractivity (Wildman–Crippen MR) is 63.9 cm³/mol. The lowest BCUT2D eigenvalue weighted by atomic mass is 9.98. The van der Waals surface area contributed by atoms with Gasteiger partial charge in [0.1, 0.15) is 5.54 Å². The Morgan fingerprint density at radius 1 is 1.31 bits per heavy atom. The van der Waals surface area contributed by atoms with Crippen LogP contribution >= 0.6 is 0 Å². The number of nitrogens with zero attached hydrogens (tertiary/aromatic N) is 1. The second kappa shape index (κ2) is 7.61. The fraction of sp³-hybridized carbons (Fsp3) is 0.917. The molecular weight excluding hydrogens is 204 g/mol. The summed E-state index contributed by atoms with van der Waals surface area (Å²) in [7, 11) is 0. The van der Waals surface area contributed by atoms with Crippen molar-refractivity contribution in [2.75, 3.05) is 19.8 Å². The van der Waals surface area contributed by atoms with Crippen LogP contribution in [0, 0.1) is 17.2 Å². The Labute approximate surface area is 98.7 Å². The molecule has 0 rings (SSSR count). The van der Waals surface area contributed by atoms with Crippen molar-refractivity contribution in [3.63, 3.8) is 0 Å². The summed E-state index contributed by atoms with van der Waals surface area (Å²) in [4.78, 5) is 0. The monoisotopic (exact) mass is 228 g/mol. The van der Waals surface area contributed by atoms with Crippen LogP contribution in [-0.2, 0) is 9.47 Å². The minimum Gasteiger partial charge on any atom is -0.379 e. The van der Waals surface area contributed by atoms with E-state index in [-0.39, 0.29) is 6.10 Å². The van der Waals surface area contributed by atoms with Crippen LogP contribution < -0.4 is 5.73 Å². The van der Waals surface area contributed by atoms with Crippen molar-refractivity contribution in [1.29, 1.82) is 5.26 Å². The molecule has 0 bridgehead atoms. The Morgan fingerprint density at radius 3 is 2.44 bits per heavy atom. The molecule has 0 saturated carbocycles. The first-order valence-corrected chi connectivity index (χ1v) is 5.77. The average molecular weight is 228 g/mol. The highest BCUT2D eigenvalue weighted by Crippen LogP contribution is 2.10. The Hall–Kier alpha value is -0.630. The molecule has 0 spiro atoms. The van der Waals surface area contributed by atoms with Gasteiger partial charge in [-0.1, -0.05) is 13.8 Å². The Bertz CT molecular complexity index is 222. The van der Waals surface area contributed by atoms with Crippen LogP contribution in [0.5, 0.6) is 0 Å². The van der Waals surface area contributed by atoms with Crippen LogP contribution in [0.15, 0.2) is 0 Å². The van der Waals surface area contributed by atoms with Crippen molar-refractivity contribution in [3.05, 3.63) is 0 Å². The molecule has 2 unspecified atom stereocenters. The molecule has 94 valence electrons. The number of hydrogen-bond acceptors (Lipinski definition) is 4. The van der Waals surface area contributed by atoms with E-state index < -0.39 is 5.54 Å². The largest absolute Gasteiger partial charge is 0.379 e. The fourth-order valence-electron chi connectivity index (χ4n) is 1.33. The van der Waals surface area contributed by atoms with Crippen LogP contribution in [-0.4, -0.2) is 31.5 Å². The Morgan fingerprint density at radius 2 is 1.94 bits per heavy atom. The van der Waals surface area contributed by atoms with Gasteiger partial charge in [0.25, 0.3) is 0 Å². The molecule has 0 aromatic heterocycles. The zero-order valence-electron chi connectivity index (χ0n) is 10.8. The van der Waals surface area contributed by atoms with E-state index >= 15 is 0 Å². The van der Waals surface area contributed by atoms with Gasteiger partial charge in [-0.25, -0.2) is 0 Å². The van der Waals surface area contributed by atoms with Gasteiger partial charge in [0.2, 0.25) is 0 Å². The third kappa shape index (κ3) is 8.66. The van der Waals surface area contributed by atoms with E-state index in [1.807, 2.05) is 6.92 Å². The fourth-order valence-corrected chi connectivity index (χ4v) is 1.33. The molecule has 0 aromatic rings. The van der Waals surface area contributed by atoms with E-state index in [1.54, 1.807) is 6.92 Å². The van der Waals surface area contributed by atoms with Crippen molar-refractivity contribution >= 4 is 0 Å². The smallest absolute Gasteiger partial charge is 0.103 e. The molecule has 0 fully saturated rings. The van der Waals surface area contributed by atoms with E-state index in [0.717, 1.165) is 6.61 Å². The number of ether oxygens (including phenoxy) is 2. The molecule has 0 aromatic carbocycles. The van der Waals surface area contributed by atoms with Crippen LogP contribution in [0.1, 0.15) is 34.1 Å². The standard InChI is InChI=1S/C12H24N2O2/c1-10(2)8-15-5-6-16-11(3)7-12(4,14)9-13/h10-11H,5-8,14H2,1-4H3. The molecule has 4 heteroatoms. The maximum Gasteiger partial charge on any atom is 0.103 e. The Kier molecular flexibility index (Phi) is 7.31. The summed E-state index contributed by atoms with van der Waals surface area (Å²) in [5.74, 6) is 0.545. The van der Waals surface area contributed by atoms with Gasteiger partial charge in [-0.05, 0) is 19.8 Å². The van der Waals surface area contributed by atoms with Crippen LogP contribution in [0.4, 0.5) is 0 Å². The molecule has 0 aliphatic heterocycles. The first kappa shape index (κ1) is 15.4. The molecule has 0 amide bonds. The van der Waals surface area contributed by atoms with Crippen LogP contribution in [0.2, 0.25) is 0 Å². The molecule has 0 aliphatic rings. The summed E-state index contributed by atoms with van der Waals surface area (Å²) in [6.07, 6.45) is 0.519. The molecule has 0 radical (unpaired) electrons. The van der Waals surface area contributed by atoms with E-state index in [9.17, 15) is 0 Å². The molecule has 16 heavy (non-hydrogen) atoms. The summed E-state index contributed by atoms with van der Waals surface area (Å²) in [6.45, 7) is 9.75. The third-order valence-corrected chi connectivity index (χ3v) is 2.05. The first-order valence-electron chi connectivity index (χ1n) is 5.77.